The number of para-hydroxylation sites is 1. The predicted octanol–water partition coefficient (Wildman–Crippen LogP) is 1.97. The fraction of sp³-hybridized carbons (Fsp3) is 0.308. The third kappa shape index (κ3) is 2.58. The van der Waals surface area contributed by atoms with E-state index < -0.39 is 0 Å². The number of nitrogen functional groups attached to an aromatic ring is 1. The van der Waals surface area contributed by atoms with Crippen molar-refractivity contribution in [2.75, 3.05) is 17.6 Å². The molecule has 0 spiro atoms. The highest BCUT2D eigenvalue weighted by atomic mass is 15.3. The molecule has 0 unspecified atom stereocenters. The number of rotatable bonds is 4. The number of aryl methyl sites for hydroxylation is 2. The highest BCUT2D eigenvalue weighted by Gasteiger charge is 2.02. The molecule has 4 heteroatoms. The van der Waals surface area contributed by atoms with Crippen molar-refractivity contribution in [1.29, 1.82) is 0 Å². The maximum absolute atomic E-state index is 5.93. The van der Waals surface area contributed by atoms with Gasteiger partial charge in [-0.2, -0.15) is 5.10 Å². The van der Waals surface area contributed by atoms with E-state index in [2.05, 4.69) is 23.4 Å². The van der Waals surface area contributed by atoms with Crippen LogP contribution in [-0.2, 0) is 13.5 Å². The Hall–Kier alpha value is -1.97. The number of aromatic nitrogens is 2. The summed E-state index contributed by atoms with van der Waals surface area (Å²) >= 11 is 0. The van der Waals surface area contributed by atoms with E-state index in [4.69, 9.17) is 5.73 Å². The van der Waals surface area contributed by atoms with Crippen molar-refractivity contribution in [3.05, 3.63) is 41.7 Å². The Bertz CT molecular complexity index is 482. The predicted molar refractivity (Wildman–Crippen MR) is 71.0 cm³/mol. The molecule has 2 rings (SSSR count). The SMILES string of the molecule is Cc1cccc(N)c1NCCc1ccnn1C. The first-order chi connectivity index (χ1) is 8.18. The molecular weight excluding hydrogens is 212 g/mol. The van der Waals surface area contributed by atoms with Gasteiger partial charge in [-0.3, -0.25) is 4.68 Å². The first-order valence-electron chi connectivity index (χ1n) is 5.74. The Labute approximate surface area is 101 Å². The lowest BCUT2D eigenvalue weighted by molar-refractivity contribution is 0.711. The Morgan fingerprint density at radius 2 is 2.18 bits per heavy atom. The van der Waals surface area contributed by atoms with E-state index in [1.807, 2.05) is 36.1 Å². The molecular formula is C13H18N4. The Balaban J connectivity index is 1.97. The number of benzene rings is 1. The molecule has 1 aromatic carbocycles. The number of hydrogen-bond donors (Lipinski definition) is 2. The van der Waals surface area contributed by atoms with Gasteiger partial charge in [0.15, 0.2) is 0 Å². The average Bonchev–Trinajstić information content (AvgIpc) is 2.69. The van der Waals surface area contributed by atoms with Gasteiger partial charge in [-0.25, -0.2) is 0 Å². The highest BCUT2D eigenvalue weighted by molar-refractivity contribution is 5.69. The van der Waals surface area contributed by atoms with Crippen molar-refractivity contribution in [3.63, 3.8) is 0 Å². The summed E-state index contributed by atoms with van der Waals surface area (Å²) in [5.41, 5.74) is 10.2. The van der Waals surface area contributed by atoms with Gasteiger partial charge < -0.3 is 11.1 Å². The molecule has 0 amide bonds. The fourth-order valence-corrected chi connectivity index (χ4v) is 1.89. The zero-order valence-electron chi connectivity index (χ0n) is 10.3. The van der Waals surface area contributed by atoms with Gasteiger partial charge in [0.2, 0.25) is 0 Å². The minimum Gasteiger partial charge on any atom is -0.397 e. The molecule has 0 atom stereocenters. The van der Waals surface area contributed by atoms with Crippen molar-refractivity contribution < 1.29 is 0 Å². The van der Waals surface area contributed by atoms with Gasteiger partial charge in [0.25, 0.3) is 0 Å². The van der Waals surface area contributed by atoms with E-state index in [9.17, 15) is 0 Å². The summed E-state index contributed by atoms with van der Waals surface area (Å²) < 4.78 is 1.89. The Kier molecular flexibility index (Phi) is 3.32. The number of hydrogen-bond acceptors (Lipinski definition) is 3. The fourth-order valence-electron chi connectivity index (χ4n) is 1.89. The monoisotopic (exact) mass is 230 g/mol. The molecule has 4 nitrogen and oxygen atoms in total. The average molecular weight is 230 g/mol. The number of nitrogens with two attached hydrogens (primary N) is 1. The van der Waals surface area contributed by atoms with E-state index in [0.717, 1.165) is 24.3 Å². The van der Waals surface area contributed by atoms with Gasteiger partial charge in [0.05, 0.1) is 11.4 Å². The minimum absolute atomic E-state index is 0.801. The summed E-state index contributed by atoms with van der Waals surface area (Å²) in [4.78, 5) is 0. The zero-order chi connectivity index (χ0) is 12.3. The Morgan fingerprint density at radius 3 is 2.82 bits per heavy atom. The van der Waals surface area contributed by atoms with Crippen molar-refractivity contribution >= 4 is 11.4 Å². The molecule has 1 heterocycles. The van der Waals surface area contributed by atoms with Crippen LogP contribution in [0.3, 0.4) is 0 Å². The summed E-state index contributed by atoms with van der Waals surface area (Å²) in [6.45, 7) is 2.91. The standard InChI is InChI=1S/C13H18N4/c1-10-4-3-5-12(14)13(10)15-8-6-11-7-9-16-17(11)2/h3-5,7,9,15H,6,8,14H2,1-2H3. The second kappa shape index (κ2) is 4.91. The topological polar surface area (TPSA) is 55.9 Å². The summed E-state index contributed by atoms with van der Waals surface area (Å²) in [7, 11) is 1.96. The van der Waals surface area contributed by atoms with Crippen LogP contribution in [0.25, 0.3) is 0 Å². The quantitative estimate of drug-likeness (QED) is 0.789. The van der Waals surface area contributed by atoms with Crippen LogP contribution >= 0.6 is 0 Å². The first-order valence-corrected chi connectivity index (χ1v) is 5.74. The van der Waals surface area contributed by atoms with Crippen molar-refractivity contribution in [2.24, 2.45) is 7.05 Å². The summed E-state index contributed by atoms with van der Waals surface area (Å²) in [6.07, 6.45) is 2.75. The van der Waals surface area contributed by atoms with Crippen LogP contribution in [0.4, 0.5) is 11.4 Å². The minimum atomic E-state index is 0.801. The number of anilines is 2. The molecule has 0 aliphatic heterocycles. The van der Waals surface area contributed by atoms with Gasteiger partial charge in [-0.15, -0.1) is 0 Å². The van der Waals surface area contributed by atoms with E-state index >= 15 is 0 Å². The third-order valence-corrected chi connectivity index (χ3v) is 2.91. The maximum Gasteiger partial charge on any atom is 0.0603 e. The molecule has 0 aliphatic rings. The number of nitrogens with one attached hydrogen (secondary N) is 1. The second-order valence-corrected chi connectivity index (χ2v) is 4.16. The van der Waals surface area contributed by atoms with Gasteiger partial charge in [0, 0.05) is 31.9 Å². The van der Waals surface area contributed by atoms with Crippen LogP contribution in [0.5, 0.6) is 0 Å². The molecule has 0 aliphatic carbocycles. The number of nitrogens with zero attached hydrogens (tertiary/aromatic N) is 2. The molecule has 1 aromatic heterocycles. The lowest BCUT2D eigenvalue weighted by Gasteiger charge is -2.12. The van der Waals surface area contributed by atoms with Gasteiger partial charge >= 0.3 is 0 Å². The molecule has 0 bridgehead atoms. The van der Waals surface area contributed by atoms with Crippen LogP contribution in [0.2, 0.25) is 0 Å². The molecule has 3 N–H and O–H groups in total. The normalized spacial score (nSPS) is 10.5. The van der Waals surface area contributed by atoms with Crippen LogP contribution < -0.4 is 11.1 Å². The van der Waals surface area contributed by atoms with E-state index in [1.165, 1.54) is 11.3 Å². The molecule has 0 radical (unpaired) electrons. The largest absolute Gasteiger partial charge is 0.397 e. The summed E-state index contributed by atoms with van der Waals surface area (Å²) in [6, 6.07) is 7.97. The maximum atomic E-state index is 5.93. The smallest absolute Gasteiger partial charge is 0.0603 e. The summed E-state index contributed by atoms with van der Waals surface area (Å²) in [5, 5.41) is 7.52. The zero-order valence-corrected chi connectivity index (χ0v) is 10.3. The molecule has 0 saturated heterocycles. The molecule has 90 valence electrons. The van der Waals surface area contributed by atoms with Crippen LogP contribution in [0, 0.1) is 6.92 Å². The molecule has 0 saturated carbocycles. The lowest BCUT2D eigenvalue weighted by atomic mass is 10.1. The van der Waals surface area contributed by atoms with Crippen molar-refractivity contribution in [2.45, 2.75) is 13.3 Å². The molecule has 2 aromatic rings. The lowest BCUT2D eigenvalue weighted by Crippen LogP contribution is -2.10. The summed E-state index contributed by atoms with van der Waals surface area (Å²) in [5.74, 6) is 0. The van der Waals surface area contributed by atoms with Crippen LogP contribution in [0.1, 0.15) is 11.3 Å². The van der Waals surface area contributed by atoms with Gasteiger partial charge in [0.1, 0.15) is 0 Å². The van der Waals surface area contributed by atoms with Crippen LogP contribution in [0.15, 0.2) is 30.5 Å². The first kappa shape index (κ1) is 11.5. The third-order valence-electron chi connectivity index (χ3n) is 2.91. The van der Waals surface area contributed by atoms with E-state index in [1.54, 1.807) is 0 Å². The van der Waals surface area contributed by atoms with Gasteiger partial charge in [-0.05, 0) is 24.6 Å². The highest BCUT2D eigenvalue weighted by Crippen LogP contribution is 2.22. The van der Waals surface area contributed by atoms with Gasteiger partial charge in [-0.1, -0.05) is 12.1 Å². The van der Waals surface area contributed by atoms with E-state index in [0.29, 0.717) is 0 Å². The Morgan fingerprint density at radius 1 is 1.35 bits per heavy atom. The van der Waals surface area contributed by atoms with Crippen molar-refractivity contribution in [1.82, 2.24) is 9.78 Å². The van der Waals surface area contributed by atoms with Crippen LogP contribution in [-0.4, -0.2) is 16.3 Å². The molecule has 0 fully saturated rings. The van der Waals surface area contributed by atoms with E-state index in [-0.39, 0.29) is 0 Å². The second-order valence-electron chi connectivity index (χ2n) is 4.16. The molecule has 17 heavy (non-hydrogen) atoms. The van der Waals surface area contributed by atoms with Crippen molar-refractivity contribution in [3.8, 4) is 0 Å².